The minimum absolute atomic E-state index is 0.0392. The van der Waals surface area contributed by atoms with Crippen molar-refractivity contribution in [2.24, 2.45) is 5.92 Å². The van der Waals surface area contributed by atoms with Crippen molar-refractivity contribution in [3.63, 3.8) is 0 Å². The molecule has 0 aromatic carbocycles. The monoisotopic (exact) mass is 401 g/mol. The number of pyridine rings is 1. The predicted molar refractivity (Wildman–Crippen MR) is 105 cm³/mol. The number of thioether (sulfide) groups is 1. The molecule has 1 unspecified atom stereocenters. The van der Waals surface area contributed by atoms with E-state index in [1.165, 1.54) is 11.8 Å². The topological polar surface area (TPSA) is 96.7 Å². The number of carboxylic acids is 1. The summed E-state index contributed by atoms with van der Waals surface area (Å²) < 4.78 is 18.3. The van der Waals surface area contributed by atoms with Crippen molar-refractivity contribution < 1.29 is 24.1 Å². The molecular formula is C18H28NO5PS. The van der Waals surface area contributed by atoms with Crippen molar-refractivity contribution in [2.75, 3.05) is 24.7 Å². The molecule has 146 valence electrons. The summed E-state index contributed by atoms with van der Waals surface area (Å²) in [5, 5.41) is 19.6. The van der Waals surface area contributed by atoms with E-state index in [1.54, 1.807) is 31.3 Å². The lowest BCUT2D eigenvalue weighted by atomic mass is 10.2. The van der Waals surface area contributed by atoms with Crippen LogP contribution in [0.25, 0.3) is 0 Å². The average molecular weight is 401 g/mol. The summed E-state index contributed by atoms with van der Waals surface area (Å²) in [4.78, 5) is 15.6. The van der Waals surface area contributed by atoms with Gasteiger partial charge in [-0.3, -0.25) is 4.57 Å². The molecule has 1 rings (SSSR count). The highest BCUT2D eigenvalue weighted by Gasteiger charge is 2.27. The first kappa shape index (κ1) is 22.7. The maximum atomic E-state index is 12.9. The number of allylic oxidation sites excluding steroid dienone is 1. The Bertz CT molecular complexity index is 663. The van der Waals surface area contributed by atoms with Gasteiger partial charge in [0.05, 0.1) is 12.8 Å². The van der Waals surface area contributed by atoms with Gasteiger partial charge in [0.1, 0.15) is 10.8 Å². The van der Waals surface area contributed by atoms with E-state index in [1.807, 2.05) is 13.8 Å². The Labute approximate surface area is 159 Å². The lowest BCUT2D eigenvalue weighted by Gasteiger charge is -2.20. The van der Waals surface area contributed by atoms with Crippen LogP contribution in [-0.4, -0.2) is 45.8 Å². The highest BCUT2D eigenvalue weighted by Crippen LogP contribution is 2.50. The zero-order valence-electron chi connectivity index (χ0n) is 15.6. The number of carbonyl (C=O) groups is 1. The van der Waals surface area contributed by atoms with Crippen LogP contribution in [0.15, 0.2) is 35.0 Å². The molecule has 1 atom stereocenters. The Morgan fingerprint density at radius 1 is 1.46 bits per heavy atom. The van der Waals surface area contributed by atoms with Gasteiger partial charge in [0.25, 0.3) is 0 Å². The molecule has 0 aliphatic rings. The van der Waals surface area contributed by atoms with Gasteiger partial charge >= 0.3 is 5.97 Å². The minimum Gasteiger partial charge on any atom is -0.505 e. The second kappa shape index (κ2) is 11.4. The first-order chi connectivity index (χ1) is 12.3. The normalized spacial score (nSPS) is 14.4. The Kier molecular flexibility index (Phi) is 9.99. The van der Waals surface area contributed by atoms with Gasteiger partial charge in [-0.25, -0.2) is 9.78 Å². The van der Waals surface area contributed by atoms with E-state index in [0.717, 1.165) is 6.42 Å². The largest absolute Gasteiger partial charge is 0.505 e. The van der Waals surface area contributed by atoms with E-state index in [4.69, 9.17) is 4.52 Å². The predicted octanol–water partition coefficient (Wildman–Crippen LogP) is 4.64. The first-order valence-corrected chi connectivity index (χ1v) is 11.7. The zero-order valence-corrected chi connectivity index (χ0v) is 17.3. The highest BCUT2D eigenvalue weighted by atomic mass is 32.2. The van der Waals surface area contributed by atoms with Gasteiger partial charge < -0.3 is 14.7 Å². The van der Waals surface area contributed by atoms with Crippen LogP contribution >= 0.6 is 19.1 Å². The van der Waals surface area contributed by atoms with Crippen LogP contribution in [0.5, 0.6) is 5.75 Å². The van der Waals surface area contributed by atoms with Crippen LogP contribution in [0, 0.1) is 5.92 Å². The third-order valence-electron chi connectivity index (χ3n) is 3.42. The van der Waals surface area contributed by atoms with E-state index >= 15 is 0 Å². The van der Waals surface area contributed by atoms with Crippen molar-refractivity contribution in [3.05, 3.63) is 30.0 Å². The molecule has 0 aliphatic carbocycles. The minimum atomic E-state index is -2.99. The SMILES string of the molecule is CCOP(=O)(CC(=CCCCSc1ncccc1O)C(=O)O)CC(C)C. The standard InChI is InChI=1S/C18H28NO5PS/c1-4-24-25(23,12-14(2)3)13-15(18(21)22)8-5-6-11-26-17-16(20)9-7-10-19-17/h7-10,14,20H,4-6,11-13H2,1-3H3,(H,21,22). The molecule has 0 aliphatic heterocycles. The molecule has 0 fully saturated rings. The van der Waals surface area contributed by atoms with Crippen LogP contribution in [0.2, 0.25) is 0 Å². The summed E-state index contributed by atoms with van der Waals surface area (Å²) in [6, 6.07) is 3.24. The van der Waals surface area contributed by atoms with Gasteiger partial charge in [-0.1, -0.05) is 19.9 Å². The van der Waals surface area contributed by atoms with Crippen LogP contribution in [0.4, 0.5) is 0 Å². The second-order valence-corrected chi connectivity index (χ2v) is 9.97. The highest BCUT2D eigenvalue weighted by molar-refractivity contribution is 7.99. The van der Waals surface area contributed by atoms with Gasteiger partial charge in [-0.15, -0.1) is 11.8 Å². The molecule has 0 radical (unpaired) electrons. The summed E-state index contributed by atoms with van der Waals surface area (Å²) in [6.07, 6.45) is 4.86. The van der Waals surface area contributed by atoms with E-state index in [9.17, 15) is 19.6 Å². The molecule has 0 amide bonds. The van der Waals surface area contributed by atoms with E-state index in [-0.39, 0.29) is 23.4 Å². The number of aliphatic carboxylic acids is 1. The summed E-state index contributed by atoms with van der Waals surface area (Å²) in [6.45, 7) is 5.96. The van der Waals surface area contributed by atoms with Crippen molar-refractivity contribution in [1.29, 1.82) is 0 Å². The zero-order chi connectivity index (χ0) is 19.6. The lowest BCUT2D eigenvalue weighted by Crippen LogP contribution is -2.12. The van der Waals surface area contributed by atoms with Crippen LogP contribution in [0.1, 0.15) is 33.6 Å². The number of aromatic nitrogens is 1. The average Bonchev–Trinajstić information content (AvgIpc) is 2.54. The van der Waals surface area contributed by atoms with E-state index < -0.39 is 13.3 Å². The van der Waals surface area contributed by atoms with Gasteiger partial charge in [-0.05, 0) is 43.6 Å². The number of nitrogens with zero attached hydrogens (tertiary/aromatic N) is 1. The number of hydrogen-bond acceptors (Lipinski definition) is 6. The molecule has 0 saturated heterocycles. The molecule has 2 N–H and O–H groups in total. The molecule has 26 heavy (non-hydrogen) atoms. The molecule has 0 saturated carbocycles. The smallest absolute Gasteiger partial charge is 0.331 e. The fraction of sp³-hybridized carbons (Fsp3) is 0.556. The molecule has 1 aromatic rings. The van der Waals surface area contributed by atoms with E-state index in [2.05, 4.69) is 4.98 Å². The molecule has 8 heteroatoms. The summed E-state index contributed by atoms with van der Waals surface area (Å²) in [7, 11) is -2.99. The van der Waals surface area contributed by atoms with Gasteiger partial charge in [-0.2, -0.15) is 0 Å². The second-order valence-electron chi connectivity index (χ2n) is 6.32. The summed E-state index contributed by atoms with van der Waals surface area (Å²) >= 11 is 1.42. The Balaban J connectivity index is 2.61. The molecule has 0 spiro atoms. The number of aromatic hydroxyl groups is 1. The van der Waals surface area contributed by atoms with Crippen molar-refractivity contribution in [1.82, 2.24) is 4.98 Å². The first-order valence-electron chi connectivity index (χ1n) is 8.69. The molecule has 1 aromatic heterocycles. The third kappa shape index (κ3) is 8.39. The number of carboxylic acid groups (broad SMARTS) is 1. The fourth-order valence-corrected chi connectivity index (χ4v) is 6.00. The summed E-state index contributed by atoms with van der Waals surface area (Å²) in [5.74, 6) is -0.0394. The fourth-order valence-electron chi connectivity index (χ4n) is 2.46. The van der Waals surface area contributed by atoms with Gasteiger partial charge in [0.15, 0.2) is 0 Å². The van der Waals surface area contributed by atoms with Crippen molar-refractivity contribution in [2.45, 2.75) is 38.6 Å². The van der Waals surface area contributed by atoms with Crippen LogP contribution < -0.4 is 0 Å². The third-order valence-corrected chi connectivity index (χ3v) is 7.34. The molecule has 6 nitrogen and oxygen atoms in total. The van der Waals surface area contributed by atoms with Crippen LogP contribution in [0.3, 0.4) is 0 Å². The Morgan fingerprint density at radius 3 is 2.77 bits per heavy atom. The quantitative estimate of drug-likeness (QED) is 0.228. The van der Waals surface area contributed by atoms with Gasteiger partial charge in [0, 0.05) is 17.9 Å². The lowest BCUT2D eigenvalue weighted by molar-refractivity contribution is -0.132. The van der Waals surface area contributed by atoms with E-state index in [0.29, 0.717) is 30.0 Å². The maximum absolute atomic E-state index is 12.9. The molecule has 0 bridgehead atoms. The Hall–Kier alpha value is -1.30. The number of unbranched alkanes of at least 4 members (excludes halogenated alkanes) is 1. The summed E-state index contributed by atoms with van der Waals surface area (Å²) in [5.41, 5.74) is 0.146. The Morgan fingerprint density at radius 2 is 2.19 bits per heavy atom. The van der Waals surface area contributed by atoms with Gasteiger partial charge in [0.2, 0.25) is 7.37 Å². The number of hydrogen-bond donors (Lipinski definition) is 2. The van der Waals surface area contributed by atoms with Crippen LogP contribution in [-0.2, 0) is 13.9 Å². The number of rotatable bonds is 12. The maximum Gasteiger partial charge on any atom is 0.331 e. The molecular weight excluding hydrogens is 373 g/mol. The van der Waals surface area contributed by atoms with Crippen molar-refractivity contribution in [3.8, 4) is 5.75 Å². The van der Waals surface area contributed by atoms with Crippen molar-refractivity contribution >= 4 is 25.1 Å². The molecule has 1 heterocycles.